The summed E-state index contributed by atoms with van der Waals surface area (Å²) in [5.74, 6) is -1.84. The molecule has 2 rings (SSSR count). The molecule has 0 saturated carbocycles. The zero-order valence-electron chi connectivity index (χ0n) is 18.8. The van der Waals surface area contributed by atoms with Gasteiger partial charge in [0.2, 0.25) is 0 Å². The molecule has 3 atom stereocenters. The number of fused-ring (bicyclic) bond motifs is 1. The first-order valence-corrected chi connectivity index (χ1v) is 10.4. The number of carbonyl (C=O) groups excluding carboxylic acids is 3. The van der Waals surface area contributed by atoms with Crippen LogP contribution in [-0.4, -0.2) is 65.5 Å². The third-order valence-electron chi connectivity index (χ3n) is 6.04. The van der Waals surface area contributed by atoms with Crippen LogP contribution in [0.15, 0.2) is 6.07 Å². The summed E-state index contributed by atoms with van der Waals surface area (Å²) in [6.45, 7) is 2.57. The van der Waals surface area contributed by atoms with Crippen molar-refractivity contribution in [2.24, 2.45) is 17.8 Å². The number of benzene rings is 1. The number of hydrogen-bond donors (Lipinski definition) is 3. The summed E-state index contributed by atoms with van der Waals surface area (Å²) in [5, 5.41) is 29.8. The van der Waals surface area contributed by atoms with Gasteiger partial charge in [0.25, 0.3) is 0 Å². The number of aryl methyl sites for hydroxylation is 1. The molecule has 8 heteroatoms. The van der Waals surface area contributed by atoms with Crippen molar-refractivity contribution < 1.29 is 38.0 Å². The predicted molar refractivity (Wildman–Crippen MR) is 122 cm³/mol. The summed E-state index contributed by atoms with van der Waals surface area (Å²) in [5.41, 5.74) is 2.70. The molecule has 0 saturated heterocycles. The molecular weight excluding hydrogens is 402 g/mol. The van der Waals surface area contributed by atoms with Gasteiger partial charge in [-0.3, -0.25) is 14.4 Å². The van der Waals surface area contributed by atoms with Gasteiger partial charge in [0.1, 0.15) is 17.3 Å². The van der Waals surface area contributed by atoms with Crippen LogP contribution in [0.25, 0.3) is 0 Å². The molecule has 31 heavy (non-hydrogen) atoms. The van der Waals surface area contributed by atoms with E-state index in [1.54, 1.807) is 6.92 Å². The van der Waals surface area contributed by atoms with Crippen molar-refractivity contribution >= 4 is 23.0 Å². The fraction of sp³-hybridized carbons (Fsp3) is 0.609. The van der Waals surface area contributed by atoms with Crippen LogP contribution in [0, 0.1) is 24.7 Å². The van der Waals surface area contributed by atoms with Crippen molar-refractivity contribution in [1.29, 1.82) is 0 Å². The van der Waals surface area contributed by atoms with Crippen molar-refractivity contribution in [1.82, 2.24) is 0 Å². The van der Waals surface area contributed by atoms with Crippen LogP contribution in [0.1, 0.15) is 56.9 Å². The van der Waals surface area contributed by atoms with Gasteiger partial charge in [0.15, 0.2) is 5.78 Å². The van der Waals surface area contributed by atoms with Gasteiger partial charge in [-0.15, -0.1) is 0 Å². The molecule has 8 nitrogen and oxygen atoms in total. The molecule has 0 bridgehead atoms. The molecule has 1 aliphatic rings. The minimum absolute atomic E-state index is 0. The molecule has 1 aromatic rings. The summed E-state index contributed by atoms with van der Waals surface area (Å²) in [6, 6.07) is 1.86. The van der Waals surface area contributed by atoms with Gasteiger partial charge in [0.05, 0.1) is 18.6 Å². The van der Waals surface area contributed by atoms with Gasteiger partial charge in [-0.05, 0) is 62.1 Å². The number of aromatic hydroxyl groups is 1. The van der Waals surface area contributed by atoms with Crippen molar-refractivity contribution in [3.63, 3.8) is 0 Å². The molecule has 0 spiro atoms. The first-order valence-electron chi connectivity index (χ1n) is 10.4. The van der Waals surface area contributed by atoms with E-state index in [2.05, 4.69) is 0 Å². The van der Waals surface area contributed by atoms with Crippen molar-refractivity contribution in [3.8, 4) is 5.75 Å². The lowest BCUT2D eigenvalue weighted by Crippen LogP contribution is -2.33. The maximum atomic E-state index is 12.9. The van der Waals surface area contributed by atoms with E-state index in [1.165, 1.54) is 6.92 Å². The summed E-state index contributed by atoms with van der Waals surface area (Å²) in [6.07, 6.45) is 1.34. The standard InChI is InChI=1S/C23H33NO6.H2O.2H2/c1-13-7-19(24(3)4)17-10-15(11-21(29)22(17)23(13)30)9-16(5-6-25)18(12-26)20(28)8-14(2)27;;;/h7,15-16,18,25-26,30H,5-6,8-12H2,1-4H3;1H2;2*1H. The van der Waals surface area contributed by atoms with Crippen LogP contribution in [0.5, 0.6) is 5.75 Å². The Morgan fingerprint density at radius 1 is 1.26 bits per heavy atom. The third-order valence-corrected chi connectivity index (χ3v) is 6.04. The number of Topliss-reactive ketones (excluding diaryl/α,β-unsaturated/α-hetero) is 3. The number of aliphatic hydroxyl groups excluding tert-OH is 2. The fourth-order valence-electron chi connectivity index (χ4n) is 4.59. The summed E-state index contributed by atoms with van der Waals surface area (Å²) in [7, 11) is 3.77. The number of rotatable bonds is 10. The topological polar surface area (TPSA) is 147 Å². The Hall–Kier alpha value is -2.29. The molecule has 0 heterocycles. The van der Waals surface area contributed by atoms with Crippen molar-refractivity contribution in [2.45, 2.75) is 46.0 Å². The fourth-order valence-corrected chi connectivity index (χ4v) is 4.59. The van der Waals surface area contributed by atoms with Gasteiger partial charge < -0.3 is 25.7 Å². The molecule has 1 aromatic carbocycles. The first-order chi connectivity index (χ1) is 14.1. The monoisotopic (exact) mass is 441 g/mol. The average molecular weight is 442 g/mol. The molecule has 0 amide bonds. The van der Waals surface area contributed by atoms with Crippen LogP contribution in [0.4, 0.5) is 5.69 Å². The molecule has 0 radical (unpaired) electrons. The van der Waals surface area contributed by atoms with Crippen LogP contribution >= 0.6 is 0 Å². The zero-order valence-corrected chi connectivity index (χ0v) is 18.8. The van der Waals surface area contributed by atoms with Crippen LogP contribution < -0.4 is 4.90 Å². The first kappa shape index (κ1) is 26.7. The van der Waals surface area contributed by atoms with Crippen molar-refractivity contribution in [2.75, 3.05) is 32.2 Å². The lowest BCUT2D eigenvalue weighted by molar-refractivity contribution is -0.131. The molecule has 0 aliphatic heterocycles. The Morgan fingerprint density at radius 2 is 1.90 bits per heavy atom. The van der Waals surface area contributed by atoms with E-state index >= 15 is 0 Å². The number of nitrogens with zero attached hydrogens (tertiary/aromatic N) is 1. The number of phenolic OH excluding ortho intramolecular Hbond substituents is 1. The van der Waals surface area contributed by atoms with Crippen LogP contribution in [0.2, 0.25) is 0 Å². The smallest absolute Gasteiger partial charge is 0.167 e. The highest BCUT2D eigenvalue weighted by molar-refractivity contribution is 6.03. The van der Waals surface area contributed by atoms with E-state index in [4.69, 9.17) is 0 Å². The second kappa shape index (κ2) is 11.4. The van der Waals surface area contributed by atoms with E-state index < -0.39 is 12.5 Å². The minimum Gasteiger partial charge on any atom is -0.507 e. The van der Waals surface area contributed by atoms with E-state index in [9.17, 15) is 29.7 Å². The second-order valence-corrected chi connectivity index (χ2v) is 8.65. The zero-order chi connectivity index (χ0) is 22.6. The maximum Gasteiger partial charge on any atom is 0.167 e. The summed E-state index contributed by atoms with van der Waals surface area (Å²) in [4.78, 5) is 38.7. The number of anilines is 1. The lowest BCUT2D eigenvalue weighted by Gasteiger charge is -2.33. The van der Waals surface area contributed by atoms with E-state index in [0.29, 0.717) is 30.4 Å². The molecule has 0 fully saturated rings. The molecule has 5 N–H and O–H groups in total. The van der Waals surface area contributed by atoms with Gasteiger partial charge in [-0.25, -0.2) is 0 Å². The molecule has 178 valence electrons. The Labute approximate surface area is 186 Å². The van der Waals surface area contributed by atoms with Gasteiger partial charge in [-0.2, -0.15) is 0 Å². The van der Waals surface area contributed by atoms with E-state index in [0.717, 1.165) is 11.3 Å². The van der Waals surface area contributed by atoms with Crippen LogP contribution in [-0.2, 0) is 16.0 Å². The summed E-state index contributed by atoms with van der Waals surface area (Å²) < 4.78 is 0. The number of hydrogen-bond acceptors (Lipinski definition) is 7. The normalized spacial score (nSPS) is 17.4. The highest BCUT2D eigenvalue weighted by Gasteiger charge is 2.35. The molecule has 3 unspecified atom stereocenters. The second-order valence-electron chi connectivity index (χ2n) is 8.65. The predicted octanol–water partition coefficient (Wildman–Crippen LogP) is 1.72. The minimum atomic E-state index is -0.739. The Kier molecular flexibility index (Phi) is 9.80. The highest BCUT2D eigenvalue weighted by Crippen LogP contribution is 2.42. The summed E-state index contributed by atoms with van der Waals surface area (Å²) >= 11 is 0. The van der Waals surface area contributed by atoms with Gasteiger partial charge in [0, 0.05) is 41.6 Å². The van der Waals surface area contributed by atoms with E-state index in [1.807, 2.05) is 25.1 Å². The lowest BCUT2D eigenvalue weighted by atomic mass is 9.73. The maximum absolute atomic E-state index is 12.9. The Balaban J connectivity index is 0. The number of carbonyl (C=O) groups is 3. The van der Waals surface area contributed by atoms with Crippen LogP contribution in [0.3, 0.4) is 0 Å². The Morgan fingerprint density at radius 3 is 2.42 bits per heavy atom. The molecule has 0 aromatic heterocycles. The highest BCUT2D eigenvalue weighted by atomic mass is 16.3. The SMILES string of the molecule is CC(=O)CC(=O)C(CO)C(CCO)CC1CC(=O)c2c(O)c(C)cc(N(C)C)c2C1.O.[HH].[HH]. The third kappa shape index (κ3) is 6.12. The molecular formula is C23H39NO7. The molecule has 1 aliphatic carbocycles. The number of phenols is 1. The van der Waals surface area contributed by atoms with E-state index in [-0.39, 0.29) is 62.7 Å². The van der Waals surface area contributed by atoms with Crippen molar-refractivity contribution in [3.05, 3.63) is 22.8 Å². The average Bonchev–Trinajstić information content (AvgIpc) is 2.64. The quantitative estimate of drug-likeness (QED) is 0.468. The van der Waals surface area contributed by atoms with Gasteiger partial charge >= 0.3 is 0 Å². The number of ketones is 3. The number of aliphatic hydroxyl groups is 2. The Bertz CT molecular complexity index is 830. The van der Waals surface area contributed by atoms with Gasteiger partial charge in [-0.1, -0.05) is 0 Å². The largest absolute Gasteiger partial charge is 0.507 e.